The lowest BCUT2D eigenvalue weighted by molar-refractivity contribution is -0.170. The standard InChI is InChI=1S/C26H23F3N6O2/c27-26(28,29)19-8-9-33(16-19)15-17-4-6-21(7-5-17)34-10-11-35-23(25(34)37)22(14-31-35)24(36)32-20-3-1-2-18(12-20)13-30/h1-7,12,14,19H,8-11,15-16H2,(H,32,36). The van der Waals surface area contributed by atoms with E-state index in [1.807, 2.05) is 18.2 Å². The summed E-state index contributed by atoms with van der Waals surface area (Å²) in [6.45, 7) is 1.55. The lowest BCUT2D eigenvalue weighted by Gasteiger charge is -2.28. The molecule has 3 heterocycles. The van der Waals surface area contributed by atoms with Gasteiger partial charge in [0.15, 0.2) is 0 Å². The van der Waals surface area contributed by atoms with Gasteiger partial charge in [-0.15, -0.1) is 0 Å². The Bertz CT molecular complexity index is 1380. The number of nitriles is 1. The molecular formula is C26H23F3N6O2. The summed E-state index contributed by atoms with van der Waals surface area (Å²) >= 11 is 0. The van der Waals surface area contributed by atoms with Gasteiger partial charge in [0.1, 0.15) is 5.69 Å². The Morgan fingerprint density at radius 1 is 1.14 bits per heavy atom. The van der Waals surface area contributed by atoms with Gasteiger partial charge in [-0.25, -0.2) is 0 Å². The van der Waals surface area contributed by atoms with Gasteiger partial charge in [0, 0.05) is 31.0 Å². The minimum Gasteiger partial charge on any atom is -0.322 e. The second-order valence-electron chi connectivity index (χ2n) is 9.16. The number of rotatable bonds is 5. The molecule has 1 unspecified atom stereocenters. The average molecular weight is 509 g/mol. The molecule has 0 saturated carbocycles. The third kappa shape index (κ3) is 5.06. The first-order valence-electron chi connectivity index (χ1n) is 11.8. The maximum absolute atomic E-state index is 13.4. The van der Waals surface area contributed by atoms with Crippen LogP contribution in [-0.4, -0.2) is 52.3 Å². The molecule has 1 atom stereocenters. The quantitative estimate of drug-likeness (QED) is 0.561. The third-order valence-corrected chi connectivity index (χ3v) is 6.71. The molecule has 2 amide bonds. The number of anilines is 2. The highest BCUT2D eigenvalue weighted by Gasteiger charge is 2.43. The van der Waals surface area contributed by atoms with Gasteiger partial charge in [-0.05, 0) is 48.9 Å². The highest BCUT2D eigenvalue weighted by atomic mass is 19.4. The van der Waals surface area contributed by atoms with Crippen molar-refractivity contribution in [2.45, 2.75) is 25.7 Å². The first kappa shape index (κ1) is 24.5. The van der Waals surface area contributed by atoms with E-state index < -0.39 is 18.0 Å². The van der Waals surface area contributed by atoms with E-state index in [1.165, 1.54) is 16.9 Å². The fraction of sp³-hybridized carbons (Fsp3) is 0.308. The first-order valence-corrected chi connectivity index (χ1v) is 11.8. The molecule has 1 saturated heterocycles. The highest BCUT2D eigenvalue weighted by molar-refractivity contribution is 6.15. The summed E-state index contributed by atoms with van der Waals surface area (Å²) in [5, 5.41) is 16.0. The van der Waals surface area contributed by atoms with Gasteiger partial charge < -0.3 is 10.2 Å². The predicted octanol–water partition coefficient (Wildman–Crippen LogP) is 4.05. The minimum atomic E-state index is -4.17. The number of hydrogen-bond donors (Lipinski definition) is 1. The van der Waals surface area contributed by atoms with Crippen LogP contribution in [0.25, 0.3) is 0 Å². The van der Waals surface area contributed by atoms with Gasteiger partial charge in [-0.3, -0.25) is 19.2 Å². The van der Waals surface area contributed by atoms with Crippen molar-refractivity contribution in [1.29, 1.82) is 5.26 Å². The van der Waals surface area contributed by atoms with Crippen molar-refractivity contribution in [3.8, 4) is 6.07 Å². The zero-order valence-electron chi connectivity index (χ0n) is 19.7. The summed E-state index contributed by atoms with van der Waals surface area (Å²) in [4.78, 5) is 29.7. The summed E-state index contributed by atoms with van der Waals surface area (Å²) in [5.74, 6) is -2.17. The molecule has 3 aromatic rings. The Kier molecular flexibility index (Phi) is 6.43. The van der Waals surface area contributed by atoms with Crippen LogP contribution in [0, 0.1) is 17.2 Å². The molecular weight excluding hydrogens is 485 g/mol. The van der Waals surface area contributed by atoms with Crippen LogP contribution >= 0.6 is 0 Å². The van der Waals surface area contributed by atoms with E-state index in [1.54, 1.807) is 40.1 Å². The number of carbonyl (C=O) groups excluding carboxylic acids is 2. The number of amides is 2. The minimum absolute atomic E-state index is 0.00843. The van der Waals surface area contributed by atoms with Gasteiger partial charge in [-0.2, -0.15) is 23.5 Å². The molecule has 1 N–H and O–H groups in total. The van der Waals surface area contributed by atoms with Crippen LogP contribution in [0.5, 0.6) is 0 Å². The first-order chi connectivity index (χ1) is 17.7. The summed E-state index contributed by atoms with van der Waals surface area (Å²) in [7, 11) is 0. The molecule has 0 bridgehead atoms. The Hall–Kier alpha value is -4.17. The maximum atomic E-state index is 13.4. The molecule has 2 aliphatic heterocycles. The van der Waals surface area contributed by atoms with Gasteiger partial charge in [0.2, 0.25) is 0 Å². The van der Waals surface area contributed by atoms with Crippen LogP contribution in [0.4, 0.5) is 24.5 Å². The van der Waals surface area contributed by atoms with E-state index in [9.17, 15) is 22.8 Å². The largest absolute Gasteiger partial charge is 0.393 e. The number of hydrogen-bond acceptors (Lipinski definition) is 5. The number of likely N-dealkylation sites (tertiary alicyclic amines) is 1. The SMILES string of the molecule is N#Cc1cccc(NC(=O)c2cnn3c2C(=O)N(c2ccc(CN4CCC(C(F)(F)F)C4)cc2)CC3)c1. The predicted molar refractivity (Wildman–Crippen MR) is 129 cm³/mol. The number of carbonyl (C=O) groups is 2. The molecule has 190 valence electrons. The highest BCUT2D eigenvalue weighted by Crippen LogP contribution is 2.34. The molecule has 0 spiro atoms. The number of benzene rings is 2. The van der Waals surface area contributed by atoms with Crippen molar-refractivity contribution in [1.82, 2.24) is 14.7 Å². The van der Waals surface area contributed by atoms with Crippen LogP contribution in [-0.2, 0) is 13.1 Å². The number of alkyl halides is 3. The van der Waals surface area contributed by atoms with Crippen LogP contribution in [0.2, 0.25) is 0 Å². The topological polar surface area (TPSA) is 94.3 Å². The van der Waals surface area contributed by atoms with E-state index in [-0.39, 0.29) is 30.1 Å². The molecule has 8 nitrogen and oxygen atoms in total. The van der Waals surface area contributed by atoms with Gasteiger partial charge in [0.25, 0.3) is 11.8 Å². The molecule has 0 aliphatic carbocycles. The lowest BCUT2D eigenvalue weighted by Crippen LogP contribution is -2.41. The van der Waals surface area contributed by atoms with Crippen molar-refractivity contribution in [2.24, 2.45) is 5.92 Å². The average Bonchev–Trinajstić information content (AvgIpc) is 3.53. The Morgan fingerprint density at radius 3 is 2.62 bits per heavy atom. The molecule has 0 radical (unpaired) electrons. The molecule has 2 aliphatic rings. The van der Waals surface area contributed by atoms with E-state index in [4.69, 9.17) is 5.26 Å². The van der Waals surface area contributed by atoms with Gasteiger partial charge in [0.05, 0.1) is 35.9 Å². The molecule has 2 aromatic carbocycles. The molecule has 1 fully saturated rings. The summed E-state index contributed by atoms with van der Waals surface area (Å²) in [6, 6.07) is 15.6. The summed E-state index contributed by atoms with van der Waals surface area (Å²) in [5.41, 5.74) is 2.61. The number of fused-ring (bicyclic) bond motifs is 1. The van der Waals surface area contributed by atoms with Gasteiger partial charge in [-0.1, -0.05) is 18.2 Å². The van der Waals surface area contributed by atoms with Crippen molar-refractivity contribution in [2.75, 3.05) is 29.9 Å². The second-order valence-corrected chi connectivity index (χ2v) is 9.16. The van der Waals surface area contributed by atoms with Crippen molar-refractivity contribution >= 4 is 23.2 Å². The van der Waals surface area contributed by atoms with E-state index in [2.05, 4.69) is 10.4 Å². The Balaban J connectivity index is 1.28. The maximum Gasteiger partial charge on any atom is 0.393 e. The lowest BCUT2D eigenvalue weighted by atomic mass is 10.1. The van der Waals surface area contributed by atoms with Gasteiger partial charge >= 0.3 is 6.18 Å². The Labute approximate surface area is 210 Å². The smallest absolute Gasteiger partial charge is 0.322 e. The van der Waals surface area contributed by atoms with E-state index >= 15 is 0 Å². The third-order valence-electron chi connectivity index (χ3n) is 6.71. The van der Waals surface area contributed by atoms with Crippen molar-refractivity contribution < 1.29 is 22.8 Å². The van der Waals surface area contributed by atoms with E-state index in [0.29, 0.717) is 43.1 Å². The zero-order valence-corrected chi connectivity index (χ0v) is 19.7. The van der Waals surface area contributed by atoms with Crippen LogP contribution in [0.3, 0.4) is 0 Å². The zero-order chi connectivity index (χ0) is 26.2. The monoisotopic (exact) mass is 508 g/mol. The van der Waals surface area contributed by atoms with Crippen molar-refractivity contribution in [3.63, 3.8) is 0 Å². The number of nitrogens with one attached hydrogen (secondary N) is 1. The van der Waals surface area contributed by atoms with E-state index in [0.717, 1.165) is 5.56 Å². The summed E-state index contributed by atoms with van der Waals surface area (Å²) in [6.07, 6.45) is -2.71. The van der Waals surface area contributed by atoms with Crippen LogP contribution < -0.4 is 10.2 Å². The van der Waals surface area contributed by atoms with Crippen molar-refractivity contribution in [3.05, 3.63) is 77.1 Å². The fourth-order valence-corrected chi connectivity index (χ4v) is 4.76. The molecule has 1 aromatic heterocycles. The number of nitrogens with zero attached hydrogens (tertiary/aromatic N) is 5. The summed E-state index contributed by atoms with van der Waals surface area (Å²) < 4.78 is 40.4. The van der Waals surface area contributed by atoms with Crippen LogP contribution in [0.1, 0.15) is 38.4 Å². The van der Waals surface area contributed by atoms with Crippen LogP contribution in [0.15, 0.2) is 54.7 Å². The number of aromatic nitrogens is 2. The Morgan fingerprint density at radius 2 is 1.92 bits per heavy atom. The fourth-order valence-electron chi connectivity index (χ4n) is 4.76. The molecule has 37 heavy (non-hydrogen) atoms. The molecule has 5 rings (SSSR count). The second kappa shape index (κ2) is 9.71. The molecule has 11 heteroatoms. The normalized spacial score (nSPS) is 17.9. The number of halogens is 3.